The Bertz CT molecular complexity index is 305. The van der Waals surface area contributed by atoms with E-state index in [0.29, 0.717) is 19.4 Å². The number of nitrogens with zero attached hydrogens (tertiary/aromatic N) is 1. The third-order valence-corrected chi connectivity index (χ3v) is 2.62. The van der Waals surface area contributed by atoms with Crippen LogP contribution in [0.4, 0.5) is 0 Å². The summed E-state index contributed by atoms with van der Waals surface area (Å²) >= 11 is 0. The molecule has 1 unspecified atom stereocenters. The van der Waals surface area contributed by atoms with Gasteiger partial charge in [-0.3, -0.25) is 9.59 Å². The van der Waals surface area contributed by atoms with Gasteiger partial charge in [0.2, 0.25) is 0 Å². The third-order valence-electron chi connectivity index (χ3n) is 2.62. The van der Waals surface area contributed by atoms with E-state index in [-0.39, 0.29) is 6.54 Å². The zero-order valence-corrected chi connectivity index (χ0v) is 8.12. The normalized spacial score (nSPS) is 26.7. The van der Waals surface area contributed by atoms with Crippen LogP contribution in [0.3, 0.4) is 0 Å². The first kappa shape index (κ1) is 10.6. The molecule has 1 aliphatic heterocycles. The smallest absolute Gasteiger partial charge is 0.311 e. The van der Waals surface area contributed by atoms with Gasteiger partial charge >= 0.3 is 5.97 Å². The summed E-state index contributed by atoms with van der Waals surface area (Å²) in [5.41, 5.74) is -0.842. The number of likely N-dealkylation sites (tertiary alicyclic amines) is 1. The monoisotopic (exact) mass is 195 g/mol. The van der Waals surface area contributed by atoms with E-state index in [9.17, 15) is 9.59 Å². The molecule has 0 aromatic carbocycles. The Morgan fingerprint density at radius 3 is 2.71 bits per heavy atom. The van der Waals surface area contributed by atoms with Crippen molar-refractivity contribution in [3.63, 3.8) is 0 Å². The molecular formula is C10H13NO3. The number of rotatable bonds is 1. The molecule has 14 heavy (non-hydrogen) atoms. The van der Waals surface area contributed by atoms with Crippen LogP contribution >= 0.6 is 0 Å². The molecule has 1 heterocycles. The number of hydrogen-bond donors (Lipinski definition) is 1. The van der Waals surface area contributed by atoms with Gasteiger partial charge in [-0.1, -0.05) is 0 Å². The lowest BCUT2D eigenvalue weighted by Crippen LogP contribution is -2.48. The van der Waals surface area contributed by atoms with Gasteiger partial charge in [0.05, 0.1) is 5.41 Å². The number of terminal acetylenes is 1. The maximum absolute atomic E-state index is 11.2. The van der Waals surface area contributed by atoms with Gasteiger partial charge in [0.15, 0.2) is 0 Å². The molecule has 4 nitrogen and oxygen atoms in total. The maximum Gasteiger partial charge on any atom is 0.311 e. The van der Waals surface area contributed by atoms with Gasteiger partial charge in [-0.25, -0.2) is 0 Å². The van der Waals surface area contributed by atoms with Gasteiger partial charge < -0.3 is 10.0 Å². The lowest BCUT2D eigenvalue weighted by atomic mass is 9.82. The number of carboxylic acids is 1. The van der Waals surface area contributed by atoms with E-state index in [1.165, 1.54) is 4.90 Å². The van der Waals surface area contributed by atoms with E-state index in [2.05, 4.69) is 0 Å². The van der Waals surface area contributed by atoms with Crippen LogP contribution < -0.4 is 0 Å². The third kappa shape index (κ3) is 1.87. The minimum absolute atomic E-state index is 0.214. The van der Waals surface area contributed by atoms with Gasteiger partial charge in [-0.15, -0.1) is 6.42 Å². The summed E-state index contributed by atoms with van der Waals surface area (Å²) in [6.07, 6.45) is 6.26. The van der Waals surface area contributed by atoms with Gasteiger partial charge in [-0.05, 0) is 25.7 Å². The molecule has 0 aromatic rings. The zero-order valence-electron chi connectivity index (χ0n) is 8.12. The van der Waals surface area contributed by atoms with E-state index in [1.54, 1.807) is 6.92 Å². The highest BCUT2D eigenvalue weighted by Crippen LogP contribution is 2.29. The number of carbonyl (C=O) groups excluding carboxylic acids is 1. The van der Waals surface area contributed by atoms with E-state index in [0.717, 1.165) is 0 Å². The van der Waals surface area contributed by atoms with Gasteiger partial charge in [0.25, 0.3) is 5.91 Å². The van der Waals surface area contributed by atoms with Crippen molar-refractivity contribution < 1.29 is 14.7 Å². The van der Waals surface area contributed by atoms with E-state index in [1.807, 2.05) is 5.92 Å². The topological polar surface area (TPSA) is 57.6 Å². The molecule has 0 bridgehead atoms. The summed E-state index contributed by atoms with van der Waals surface area (Å²) in [6.45, 7) is 2.42. The number of piperidine rings is 1. The first-order valence-electron chi connectivity index (χ1n) is 4.48. The Labute approximate surface area is 82.9 Å². The average molecular weight is 195 g/mol. The molecule has 1 aliphatic rings. The molecule has 0 aliphatic carbocycles. The minimum Gasteiger partial charge on any atom is -0.481 e. The highest BCUT2D eigenvalue weighted by molar-refractivity contribution is 5.93. The molecule has 0 spiro atoms. The standard InChI is InChI=1S/C10H13NO3/c1-3-8(12)11-6-4-5-10(2,7-11)9(13)14/h1H,4-7H2,2H3,(H,13,14). The molecule has 1 atom stereocenters. The van der Waals surface area contributed by atoms with Crippen molar-refractivity contribution in [2.24, 2.45) is 5.41 Å². The molecule has 76 valence electrons. The first-order valence-corrected chi connectivity index (χ1v) is 4.48. The van der Waals surface area contributed by atoms with E-state index >= 15 is 0 Å². The molecule has 1 saturated heterocycles. The summed E-state index contributed by atoms with van der Waals surface area (Å²) < 4.78 is 0. The molecule has 1 fully saturated rings. The van der Waals surface area contributed by atoms with Crippen LogP contribution in [0.5, 0.6) is 0 Å². The fourth-order valence-electron chi connectivity index (χ4n) is 1.68. The predicted octanol–water partition coefficient (Wildman–Crippen LogP) is 0.333. The predicted molar refractivity (Wildman–Crippen MR) is 50.4 cm³/mol. The summed E-state index contributed by atoms with van der Waals surface area (Å²) in [6, 6.07) is 0. The van der Waals surface area contributed by atoms with Crippen LogP contribution in [0.1, 0.15) is 19.8 Å². The summed E-state index contributed by atoms with van der Waals surface area (Å²) in [4.78, 5) is 23.5. The van der Waals surface area contributed by atoms with Crippen LogP contribution in [0, 0.1) is 17.8 Å². The summed E-state index contributed by atoms with van der Waals surface area (Å²) in [7, 11) is 0. The van der Waals surface area contributed by atoms with Crippen LogP contribution in [0.15, 0.2) is 0 Å². The van der Waals surface area contributed by atoms with E-state index < -0.39 is 17.3 Å². The van der Waals surface area contributed by atoms with Gasteiger partial charge in [0, 0.05) is 13.1 Å². The molecule has 1 amide bonds. The number of amides is 1. The molecule has 1 N–H and O–H groups in total. The summed E-state index contributed by atoms with van der Waals surface area (Å²) in [5.74, 6) is 0.718. The largest absolute Gasteiger partial charge is 0.481 e. The molecule has 0 saturated carbocycles. The van der Waals surface area contributed by atoms with E-state index in [4.69, 9.17) is 11.5 Å². The van der Waals surface area contributed by atoms with Crippen molar-refractivity contribution in [3.05, 3.63) is 0 Å². The molecular weight excluding hydrogens is 182 g/mol. The lowest BCUT2D eigenvalue weighted by molar-refractivity contribution is -0.152. The van der Waals surface area contributed by atoms with Crippen molar-refractivity contribution in [1.29, 1.82) is 0 Å². The highest BCUT2D eigenvalue weighted by atomic mass is 16.4. The molecule has 1 rings (SSSR count). The molecule has 4 heteroatoms. The Hall–Kier alpha value is -1.50. The Balaban J connectivity index is 2.75. The number of hydrogen-bond acceptors (Lipinski definition) is 2. The number of carboxylic acid groups (broad SMARTS) is 1. The van der Waals surface area contributed by atoms with Gasteiger partial charge in [-0.2, -0.15) is 0 Å². The van der Waals surface area contributed by atoms with Crippen molar-refractivity contribution in [2.45, 2.75) is 19.8 Å². The fraction of sp³-hybridized carbons (Fsp3) is 0.600. The quantitative estimate of drug-likeness (QED) is 0.613. The minimum atomic E-state index is -0.868. The second-order valence-corrected chi connectivity index (χ2v) is 3.84. The van der Waals surface area contributed by atoms with Crippen LogP contribution in [0.2, 0.25) is 0 Å². The van der Waals surface area contributed by atoms with Crippen LogP contribution in [-0.4, -0.2) is 35.0 Å². The van der Waals surface area contributed by atoms with Gasteiger partial charge in [0.1, 0.15) is 0 Å². The SMILES string of the molecule is C#CC(=O)N1CCCC(C)(C(=O)O)C1. The number of carbonyl (C=O) groups is 2. The Morgan fingerprint density at radius 2 is 2.21 bits per heavy atom. The second-order valence-electron chi connectivity index (χ2n) is 3.84. The average Bonchev–Trinajstić information content (AvgIpc) is 2.16. The highest BCUT2D eigenvalue weighted by Gasteiger charge is 2.38. The first-order chi connectivity index (χ1) is 6.49. The Kier molecular flexibility index (Phi) is 2.80. The molecule has 0 aromatic heterocycles. The van der Waals surface area contributed by atoms with Crippen molar-refractivity contribution in [1.82, 2.24) is 4.90 Å². The molecule has 0 radical (unpaired) electrons. The second kappa shape index (κ2) is 3.70. The Morgan fingerprint density at radius 1 is 1.57 bits per heavy atom. The number of aliphatic carboxylic acids is 1. The van der Waals surface area contributed by atoms with Crippen molar-refractivity contribution in [2.75, 3.05) is 13.1 Å². The van der Waals surface area contributed by atoms with Crippen LogP contribution in [-0.2, 0) is 9.59 Å². The summed E-state index contributed by atoms with van der Waals surface area (Å²) in [5, 5.41) is 8.98. The van der Waals surface area contributed by atoms with Crippen molar-refractivity contribution in [3.8, 4) is 12.3 Å². The zero-order chi connectivity index (χ0) is 10.8. The lowest BCUT2D eigenvalue weighted by Gasteiger charge is -2.36. The van der Waals surface area contributed by atoms with Crippen LogP contribution in [0.25, 0.3) is 0 Å². The maximum atomic E-state index is 11.2. The fourth-order valence-corrected chi connectivity index (χ4v) is 1.68. The van der Waals surface area contributed by atoms with Crippen molar-refractivity contribution >= 4 is 11.9 Å².